The lowest BCUT2D eigenvalue weighted by atomic mass is 10.1. The summed E-state index contributed by atoms with van der Waals surface area (Å²) in [4.78, 5) is 13.2. The Hall–Kier alpha value is -1.75. The first-order valence-corrected chi connectivity index (χ1v) is 5.09. The predicted molar refractivity (Wildman–Crippen MR) is 66.4 cm³/mol. The molecule has 0 radical (unpaired) electrons. The van der Waals surface area contributed by atoms with Crippen molar-refractivity contribution in [2.45, 2.75) is 0 Å². The maximum absolute atomic E-state index is 11.2. The number of hydrogen-bond donors (Lipinski definition) is 3. The normalized spacial score (nSPS) is 10.4. The summed E-state index contributed by atoms with van der Waals surface area (Å²) >= 11 is 0. The number of nitrogens with two attached hydrogens (primary N) is 2. The zero-order chi connectivity index (χ0) is 12.1. The van der Waals surface area contributed by atoms with Crippen LogP contribution in [0.25, 0.3) is 0 Å². The molecule has 0 fully saturated rings. The van der Waals surface area contributed by atoms with Gasteiger partial charge in [-0.1, -0.05) is 6.07 Å². The van der Waals surface area contributed by atoms with Gasteiger partial charge in [-0.2, -0.15) is 0 Å². The number of hydrogen-bond acceptors (Lipinski definition) is 4. The molecule has 1 amide bonds. The molecule has 0 saturated carbocycles. The number of nitrogens with one attached hydrogen (secondary N) is 1. The molecule has 0 aliphatic carbocycles. The summed E-state index contributed by atoms with van der Waals surface area (Å²) in [7, 11) is 3.95. The summed E-state index contributed by atoms with van der Waals surface area (Å²) in [6.45, 7) is 1.56. The standard InChI is InChI=1S/C11H18N4O/c1-15(2)7-6-14-10-8(11(13)16)4-3-5-9(10)12/h3-5,14H,6-7,12H2,1-2H3,(H2,13,16). The Morgan fingerprint density at radius 2 is 2.12 bits per heavy atom. The lowest BCUT2D eigenvalue weighted by Crippen LogP contribution is -2.23. The second-order valence-electron chi connectivity index (χ2n) is 3.86. The first-order valence-electron chi connectivity index (χ1n) is 5.09. The predicted octanol–water partition coefficient (Wildman–Crippen LogP) is 0.341. The van der Waals surface area contributed by atoms with Gasteiger partial charge in [0.15, 0.2) is 0 Å². The van der Waals surface area contributed by atoms with Crippen LogP contribution >= 0.6 is 0 Å². The Balaban J connectivity index is 2.80. The highest BCUT2D eigenvalue weighted by molar-refractivity contribution is 6.01. The summed E-state index contributed by atoms with van der Waals surface area (Å²) in [6.07, 6.45) is 0. The largest absolute Gasteiger partial charge is 0.397 e. The van der Waals surface area contributed by atoms with E-state index in [0.29, 0.717) is 23.5 Å². The van der Waals surface area contributed by atoms with Crippen molar-refractivity contribution in [3.8, 4) is 0 Å². The molecule has 5 N–H and O–H groups in total. The molecule has 5 nitrogen and oxygen atoms in total. The van der Waals surface area contributed by atoms with Crippen molar-refractivity contribution < 1.29 is 4.79 Å². The smallest absolute Gasteiger partial charge is 0.250 e. The van der Waals surface area contributed by atoms with Crippen molar-refractivity contribution in [1.29, 1.82) is 0 Å². The van der Waals surface area contributed by atoms with Gasteiger partial charge in [-0.25, -0.2) is 0 Å². The van der Waals surface area contributed by atoms with Crippen LogP contribution < -0.4 is 16.8 Å². The van der Waals surface area contributed by atoms with Gasteiger partial charge in [-0.15, -0.1) is 0 Å². The Morgan fingerprint density at radius 1 is 1.44 bits per heavy atom. The number of carbonyl (C=O) groups is 1. The van der Waals surface area contributed by atoms with Gasteiger partial charge in [-0.3, -0.25) is 4.79 Å². The molecule has 0 unspecified atom stereocenters. The topological polar surface area (TPSA) is 84.4 Å². The Kier molecular flexibility index (Phi) is 4.13. The van der Waals surface area contributed by atoms with Crippen molar-refractivity contribution in [3.63, 3.8) is 0 Å². The Labute approximate surface area is 95.4 Å². The van der Waals surface area contributed by atoms with Gasteiger partial charge < -0.3 is 21.7 Å². The number of benzene rings is 1. The van der Waals surface area contributed by atoms with Crippen LogP contribution in [0.3, 0.4) is 0 Å². The molecule has 88 valence electrons. The van der Waals surface area contributed by atoms with E-state index in [4.69, 9.17) is 11.5 Å². The van der Waals surface area contributed by atoms with E-state index in [2.05, 4.69) is 5.32 Å². The molecule has 1 aromatic carbocycles. The van der Waals surface area contributed by atoms with Crippen LogP contribution in [0.1, 0.15) is 10.4 Å². The molecule has 0 bridgehead atoms. The second kappa shape index (κ2) is 5.37. The zero-order valence-electron chi connectivity index (χ0n) is 9.66. The Bertz CT molecular complexity index is 376. The molecule has 0 aliphatic rings. The van der Waals surface area contributed by atoms with Gasteiger partial charge in [0, 0.05) is 13.1 Å². The number of nitrogen functional groups attached to an aromatic ring is 1. The van der Waals surface area contributed by atoms with Crippen LogP contribution in [0.4, 0.5) is 11.4 Å². The van der Waals surface area contributed by atoms with Crippen molar-refractivity contribution >= 4 is 17.3 Å². The number of primary amides is 1. The molecule has 16 heavy (non-hydrogen) atoms. The number of anilines is 2. The number of para-hydroxylation sites is 1. The van der Waals surface area contributed by atoms with Crippen molar-refractivity contribution in [3.05, 3.63) is 23.8 Å². The fraction of sp³-hybridized carbons (Fsp3) is 0.364. The van der Waals surface area contributed by atoms with E-state index >= 15 is 0 Å². The number of carbonyl (C=O) groups excluding carboxylic acids is 1. The summed E-state index contributed by atoms with van der Waals surface area (Å²) in [6, 6.07) is 5.12. The number of nitrogens with zero attached hydrogens (tertiary/aromatic N) is 1. The lowest BCUT2D eigenvalue weighted by Gasteiger charge is -2.15. The summed E-state index contributed by atoms with van der Waals surface area (Å²) < 4.78 is 0. The number of likely N-dealkylation sites (N-methyl/N-ethyl adjacent to an activating group) is 1. The highest BCUT2D eigenvalue weighted by Crippen LogP contribution is 2.22. The van der Waals surface area contributed by atoms with E-state index in [1.165, 1.54) is 0 Å². The molecule has 0 spiro atoms. The van der Waals surface area contributed by atoms with Crippen LogP contribution in [-0.4, -0.2) is 38.0 Å². The second-order valence-corrected chi connectivity index (χ2v) is 3.86. The van der Waals surface area contributed by atoms with Crippen molar-refractivity contribution in [1.82, 2.24) is 4.90 Å². The molecule has 0 heterocycles. The third-order valence-electron chi connectivity index (χ3n) is 2.22. The molecule has 1 aromatic rings. The minimum atomic E-state index is -0.473. The van der Waals surface area contributed by atoms with Crippen molar-refractivity contribution in [2.75, 3.05) is 38.2 Å². The average molecular weight is 222 g/mol. The number of amides is 1. The molecular weight excluding hydrogens is 204 g/mol. The molecule has 0 aliphatic heterocycles. The van der Waals surface area contributed by atoms with Gasteiger partial charge in [0.2, 0.25) is 0 Å². The van der Waals surface area contributed by atoms with Crippen LogP contribution in [0.15, 0.2) is 18.2 Å². The quantitative estimate of drug-likeness (QED) is 0.627. The molecule has 0 saturated heterocycles. The maximum Gasteiger partial charge on any atom is 0.250 e. The molecule has 1 rings (SSSR count). The minimum absolute atomic E-state index is 0.429. The van der Waals surface area contributed by atoms with E-state index in [1.807, 2.05) is 19.0 Å². The summed E-state index contributed by atoms with van der Waals surface area (Å²) in [5.41, 5.74) is 12.7. The van der Waals surface area contributed by atoms with E-state index < -0.39 is 5.91 Å². The van der Waals surface area contributed by atoms with Gasteiger partial charge >= 0.3 is 0 Å². The van der Waals surface area contributed by atoms with E-state index in [0.717, 1.165) is 6.54 Å². The van der Waals surface area contributed by atoms with Crippen LogP contribution in [0, 0.1) is 0 Å². The monoisotopic (exact) mass is 222 g/mol. The fourth-order valence-electron chi connectivity index (χ4n) is 1.38. The van der Waals surface area contributed by atoms with Gasteiger partial charge in [0.25, 0.3) is 5.91 Å². The summed E-state index contributed by atoms with van der Waals surface area (Å²) in [5, 5.41) is 3.13. The number of rotatable bonds is 5. The first-order chi connectivity index (χ1) is 7.52. The van der Waals surface area contributed by atoms with Crippen LogP contribution in [0.2, 0.25) is 0 Å². The molecular formula is C11H18N4O. The van der Waals surface area contributed by atoms with Crippen LogP contribution in [0.5, 0.6) is 0 Å². The van der Waals surface area contributed by atoms with Gasteiger partial charge in [-0.05, 0) is 26.2 Å². The van der Waals surface area contributed by atoms with E-state index in [1.54, 1.807) is 18.2 Å². The first kappa shape index (κ1) is 12.3. The fourth-order valence-corrected chi connectivity index (χ4v) is 1.38. The van der Waals surface area contributed by atoms with E-state index in [-0.39, 0.29) is 0 Å². The highest BCUT2D eigenvalue weighted by Gasteiger charge is 2.09. The minimum Gasteiger partial charge on any atom is -0.397 e. The molecule has 0 aromatic heterocycles. The lowest BCUT2D eigenvalue weighted by molar-refractivity contribution is 0.100. The highest BCUT2D eigenvalue weighted by atomic mass is 16.1. The SMILES string of the molecule is CN(C)CCNc1c(N)cccc1C(N)=O. The zero-order valence-corrected chi connectivity index (χ0v) is 9.66. The Morgan fingerprint density at radius 3 is 2.69 bits per heavy atom. The molecule has 0 atom stereocenters. The third-order valence-corrected chi connectivity index (χ3v) is 2.22. The van der Waals surface area contributed by atoms with Gasteiger partial charge in [0.1, 0.15) is 0 Å². The van der Waals surface area contributed by atoms with E-state index in [9.17, 15) is 4.79 Å². The third kappa shape index (κ3) is 3.13. The van der Waals surface area contributed by atoms with Crippen LogP contribution in [-0.2, 0) is 0 Å². The van der Waals surface area contributed by atoms with Gasteiger partial charge in [0.05, 0.1) is 16.9 Å². The molecule has 5 heteroatoms. The summed E-state index contributed by atoms with van der Waals surface area (Å²) in [5.74, 6) is -0.473. The maximum atomic E-state index is 11.2. The average Bonchev–Trinajstić information content (AvgIpc) is 2.19. The van der Waals surface area contributed by atoms with Crippen molar-refractivity contribution in [2.24, 2.45) is 5.73 Å².